The molecule has 0 amide bonds. The average Bonchev–Trinajstić information content (AvgIpc) is 3.07. The Kier molecular flexibility index (Phi) is 5.69. The highest BCUT2D eigenvalue weighted by molar-refractivity contribution is 6.35. The van der Waals surface area contributed by atoms with Crippen LogP contribution in [0.25, 0.3) is 11.5 Å². The number of carbonyl (C=O) groups is 2. The third kappa shape index (κ3) is 3.87. The number of aromatic nitrogens is 2. The lowest BCUT2D eigenvalue weighted by Gasteiger charge is -2.22. The van der Waals surface area contributed by atoms with Gasteiger partial charge in [0.25, 0.3) is 0 Å². The number of fused-ring (bicyclic) bond motifs is 1. The fourth-order valence-electron chi connectivity index (χ4n) is 2.90. The molecule has 1 atom stereocenters. The number of methoxy groups -OCH3 is 2. The first kappa shape index (κ1) is 19.9. The average molecular weight is 407 g/mol. The zero-order chi connectivity index (χ0) is 20.4. The molecule has 1 aliphatic heterocycles. The predicted octanol–water partition coefficient (Wildman–Crippen LogP) is 3.55. The Bertz CT molecular complexity index is 966. The third-order valence-electron chi connectivity index (χ3n) is 4.17. The van der Waals surface area contributed by atoms with E-state index >= 15 is 0 Å². The van der Waals surface area contributed by atoms with E-state index in [1.54, 1.807) is 19.9 Å². The molecule has 0 N–H and O–H groups in total. The minimum atomic E-state index is -0.548. The lowest BCUT2D eigenvalue weighted by atomic mass is 10.00. The van der Waals surface area contributed by atoms with E-state index < -0.39 is 6.10 Å². The molecule has 1 aromatic heterocycles. The number of carbonyl (C=O) groups excluding carboxylic acids is 2. The van der Waals surface area contributed by atoms with Crippen LogP contribution in [-0.4, -0.2) is 42.1 Å². The highest BCUT2D eigenvalue weighted by atomic mass is 35.5. The maximum atomic E-state index is 13.0. The topological polar surface area (TPSA) is 101 Å². The molecule has 0 saturated heterocycles. The summed E-state index contributed by atoms with van der Waals surface area (Å²) >= 11 is 6.57. The van der Waals surface area contributed by atoms with Crippen molar-refractivity contribution in [1.82, 2.24) is 10.2 Å². The first-order chi connectivity index (χ1) is 13.3. The molecule has 2 aromatic rings. The Labute approximate surface area is 166 Å². The summed E-state index contributed by atoms with van der Waals surface area (Å²) in [6.45, 7) is 3.36. The largest absolute Gasteiger partial charge is 0.500 e. The Morgan fingerprint density at radius 1 is 1.21 bits per heavy atom. The van der Waals surface area contributed by atoms with Crippen LogP contribution in [0, 0.1) is 6.92 Å². The van der Waals surface area contributed by atoms with Gasteiger partial charge in [-0.1, -0.05) is 11.6 Å². The molecule has 0 spiro atoms. The Morgan fingerprint density at radius 3 is 2.57 bits per heavy atom. The zero-order valence-electron chi connectivity index (χ0n) is 15.9. The van der Waals surface area contributed by atoms with Crippen LogP contribution < -0.4 is 9.47 Å². The fraction of sp³-hybridized carbons (Fsp3) is 0.368. The third-order valence-corrected chi connectivity index (χ3v) is 4.54. The molecule has 1 aliphatic rings. The van der Waals surface area contributed by atoms with Crippen molar-refractivity contribution in [2.24, 2.45) is 0 Å². The van der Waals surface area contributed by atoms with Gasteiger partial charge in [-0.05, 0) is 13.0 Å². The minimum Gasteiger partial charge on any atom is -0.500 e. The van der Waals surface area contributed by atoms with Crippen molar-refractivity contribution in [2.75, 3.05) is 14.2 Å². The van der Waals surface area contributed by atoms with Gasteiger partial charge < -0.3 is 18.6 Å². The highest BCUT2D eigenvalue weighted by Gasteiger charge is 2.29. The van der Waals surface area contributed by atoms with E-state index in [2.05, 4.69) is 10.2 Å². The Hall–Kier alpha value is -2.87. The van der Waals surface area contributed by atoms with Crippen LogP contribution in [0.1, 0.15) is 36.0 Å². The molecule has 8 nitrogen and oxygen atoms in total. The number of hydrogen-bond donors (Lipinski definition) is 0. The SMILES string of the molecule is CO/C1=C/C(=O)CC(C)Oc2c(Cl)c(-c3nnc(C)o3)cc(OC)c2C(=O)C1. The maximum absolute atomic E-state index is 13.0. The van der Waals surface area contributed by atoms with Crippen LogP contribution in [0.15, 0.2) is 22.3 Å². The Balaban J connectivity index is 2.23. The number of rotatable bonds is 3. The number of benzene rings is 1. The van der Waals surface area contributed by atoms with Gasteiger partial charge in [-0.15, -0.1) is 10.2 Å². The molecule has 3 rings (SSSR count). The standard InChI is InChI=1S/C19H19ClN2O6/c1-9-5-11(23)6-12(25-3)7-14(24)16-15(26-4)8-13(17(20)18(16)27-9)19-22-21-10(2)28-19/h6,8-9H,5,7H2,1-4H3/b12-6+. The van der Waals surface area contributed by atoms with E-state index in [-0.39, 0.29) is 58.1 Å². The van der Waals surface area contributed by atoms with Crippen molar-refractivity contribution < 1.29 is 28.2 Å². The maximum Gasteiger partial charge on any atom is 0.249 e. The highest BCUT2D eigenvalue weighted by Crippen LogP contribution is 2.44. The Morgan fingerprint density at radius 2 is 1.96 bits per heavy atom. The van der Waals surface area contributed by atoms with Crippen LogP contribution in [-0.2, 0) is 9.53 Å². The molecule has 0 bridgehead atoms. The van der Waals surface area contributed by atoms with Gasteiger partial charge in [0.2, 0.25) is 11.8 Å². The van der Waals surface area contributed by atoms with Crippen molar-refractivity contribution in [3.05, 3.63) is 34.4 Å². The van der Waals surface area contributed by atoms with Crippen LogP contribution in [0.2, 0.25) is 5.02 Å². The number of hydrogen-bond acceptors (Lipinski definition) is 8. The fourth-order valence-corrected chi connectivity index (χ4v) is 3.18. The molecule has 2 heterocycles. The van der Waals surface area contributed by atoms with E-state index in [9.17, 15) is 9.59 Å². The first-order valence-electron chi connectivity index (χ1n) is 8.52. The van der Waals surface area contributed by atoms with Gasteiger partial charge in [-0.25, -0.2) is 0 Å². The summed E-state index contributed by atoms with van der Waals surface area (Å²) in [5.74, 6) is 0.544. The number of halogens is 1. The molecule has 148 valence electrons. The monoisotopic (exact) mass is 406 g/mol. The van der Waals surface area contributed by atoms with E-state index in [1.165, 1.54) is 20.3 Å². The quantitative estimate of drug-likeness (QED) is 0.762. The molecule has 28 heavy (non-hydrogen) atoms. The summed E-state index contributed by atoms with van der Waals surface area (Å²) in [6.07, 6.45) is 0.710. The molecule has 0 radical (unpaired) electrons. The summed E-state index contributed by atoms with van der Waals surface area (Å²) in [7, 11) is 2.84. The van der Waals surface area contributed by atoms with Gasteiger partial charge in [0.15, 0.2) is 17.3 Å². The van der Waals surface area contributed by atoms with Gasteiger partial charge in [-0.2, -0.15) is 0 Å². The van der Waals surface area contributed by atoms with Gasteiger partial charge in [0.1, 0.15) is 23.2 Å². The molecule has 0 aliphatic carbocycles. The second kappa shape index (κ2) is 8.02. The summed E-state index contributed by atoms with van der Waals surface area (Å²) in [4.78, 5) is 25.1. The summed E-state index contributed by atoms with van der Waals surface area (Å²) < 4.78 is 22.0. The number of nitrogens with zero attached hydrogens (tertiary/aromatic N) is 2. The smallest absolute Gasteiger partial charge is 0.249 e. The van der Waals surface area contributed by atoms with Crippen molar-refractivity contribution in [3.8, 4) is 23.0 Å². The molecular weight excluding hydrogens is 388 g/mol. The molecule has 0 fully saturated rings. The van der Waals surface area contributed by atoms with Crippen molar-refractivity contribution in [2.45, 2.75) is 32.8 Å². The molecule has 9 heteroatoms. The van der Waals surface area contributed by atoms with Crippen molar-refractivity contribution in [3.63, 3.8) is 0 Å². The summed E-state index contributed by atoms with van der Waals surface area (Å²) in [5.41, 5.74) is 0.528. The second-order valence-corrected chi connectivity index (χ2v) is 6.66. The van der Waals surface area contributed by atoms with E-state index in [0.717, 1.165) is 0 Å². The van der Waals surface area contributed by atoms with Gasteiger partial charge in [-0.3, -0.25) is 9.59 Å². The summed E-state index contributed by atoms with van der Waals surface area (Å²) in [6, 6.07) is 1.55. The van der Waals surface area contributed by atoms with Gasteiger partial charge in [0.05, 0.1) is 31.2 Å². The van der Waals surface area contributed by atoms with Crippen LogP contribution in [0.3, 0.4) is 0 Å². The van der Waals surface area contributed by atoms with E-state index in [0.29, 0.717) is 11.5 Å². The van der Waals surface area contributed by atoms with Crippen LogP contribution in [0.4, 0.5) is 0 Å². The molecular formula is C19H19ClN2O6. The number of aryl methyl sites for hydroxylation is 1. The summed E-state index contributed by atoms with van der Waals surface area (Å²) in [5, 5.41) is 7.89. The molecule has 1 aromatic carbocycles. The van der Waals surface area contributed by atoms with Crippen LogP contribution >= 0.6 is 11.6 Å². The zero-order valence-corrected chi connectivity index (χ0v) is 16.6. The second-order valence-electron chi connectivity index (χ2n) is 6.28. The number of allylic oxidation sites excluding steroid dienone is 2. The van der Waals surface area contributed by atoms with Crippen LogP contribution in [0.5, 0.6) is 11.5 Å². The van der Waals surface area contributed by atoms with E-state index in [4.69, 9.17) is 30.2 Å². The number of Topliss-reactive ketones (excluding diaryl/α,β-unsaturated/α-hetero) is 1. The number of ketones is 2. The van der Waals surface area contributed by atoms with Crippen molar-refractivity contribution in [1.29, 1.82) is 0 Å². The van der Waals surface area contributed by atoms with E-state index in [1.807, 2.05) is 0 Å². The first-order valence-corrected chi connectivity index (χ1v) is 8.90. The normalized spacial score (nSPS) is 19.3. The molecule has 0 saturated carbocycles. The van der Waals surface area contributed by atoms with Gasteiger partial charge >= 0.3 is 0 Å². The molecule has 1 unspecified atom stereocenters. The lowest BCUT2D eigenvalue weighted by Crippen LogP contribution is -2.20. The van der Waals surface area contributed by atoms with Gasteiger partial charge in [0, 0.05) is 19.4 Å². The lowest BCUT2D eigenvalue weighted by molar-refractivity contribution is -0.116. The minimum absolute atomic E-state index is 0.0863. The number of ether oxygens (including phenoxy) is 3. The van der Waals surface area contributed by atoms with Crippen molar-refractivity contribution >= 4 is 23.2 Å². The predicted molar refractivity (Wildman–Crippen MR) is 99.8 cm³/mol.